The van der Waals surface area contributed by atoms with Gasteiger partial charge < -0.3 is 21.1 Å². The summed E-state index contributed by atoms with van der Waals surface area (Å²) in [6.07, 6.45) is 0.767. The molecule has 1 aliphatic carbocycles. The Kier molecular flexibility index (Phi) is 7.87. The molecule has 0 bridgehead atoms. The van der Waals surface area contributed by atoms with Gasteiger partial charge in [0.05, 0.1) is 17.2 Å². The van der Waals surface area contributed by atoms with Crippen LogP contribution in [0.25, 0.3) is 21.2 Å². The first-order valence-corrected chi connectivity index (χ1v) is 14.5. The first kappa shape index (κ1) is 29.0. The predicted octanol–water partition coefficient (Wildman–Crippen LogP) is 4.72. The summed E-state index contributed by atoms with van der Waals surface area (Å²) >= 11 is 1.55. The molecule has 8 nitrogen and oxygen atoms in total. The molecule has 3 aromatic carbocycles. The van der Waals surface area contributed by atoms with Crippen molar-refractivity contribution in [2.75, 3.05) is 6.54 Å². The molecule has 4 aromatic rings. The number of carbonyl (C=O) groups is 3. The van der Waals surface area contributed by atoms with Gasteiger partial charge in [-0.3, -0.25) is 14.4 Å². The van der Waals surface area contributed by atoms with Crippen molar-refractivity contribution in [3.63, 3.8) is 0 Å². The highest BCUT2D eigenvalue weighted by atomic mass is 32.1. The zero-order chi connectivity index (χ0) is 30.1. The number of nitrogens with one attached hydrogen (secondary N) is 3. The number of aliphatic hydroxyl groups is 1. The van der Waals surface area contributed by atoms with Crippen LogP contribution in [-0.4, -0.2) is 29.4 Å². The van der Waals surface area contributed by atoms with E-state index in [0.29, 0.717) is 11.1 Å². The van der Waals surface area contributed by atoms with E-state index in [1.807, 2.05) is 24.3 Å². The number of nitrogens with zero attached hydrogens (tertiary/aromatic N) is 1. The van der Waals surface area contributed by atoms with E-state index in [2.05, 4.69) is 47.1 Å². The predicted molar refractivity (Wildman–Crippen MR) is 162 cm³/mol. The maximum atomic E-state index is 13.8. The molecular weight excluding hydrogens is 548 g/mol. The number of benzene rings is 3. The molecule has 1 heterocycles. The number of rotatable bonds is 8. The molecule has 0 radical (unpaired) electrons. The maximum Gasteiger partial charge on any atom is 0.310 e. The third kappa shape index (κ3) is 5.77. The Morgan fingerprint density at radius 2 is 1.71 bits per heavy atom. The molecule has 0 spiro atoms. The molecule has 214 valence electrons. The fourth-order valence-electron chi connectivity index (χ4n) is 5.31. The Morgan fingerprint density at radius 3 is 2.40 bits per heavy atom. The minimum Gasteiger partial charge on any atom is -0.385 e. The molecule has 1 saturated carbocycles. The third-order valence-corrected chi connectivity index (χ3v) is 9.16. The third-order valence-electron chi connectivity index (χ3n) is 7.72. The molecule has 1 aliphatic rings. The van der Waals surface area contributed by atoms with E-state index >= 15 is 0 Å². The van der Waals surface area contributed by atoms with Crippen molar-refractivity contribution in [1.82, 2.24) is 16.0 Å². The van der Waals surface area contributed by atoms with Crippen LogP contribution in [0.4, 0.5) is 0 Å². The number of carbonyl (C=O) groups excluding carboxylic acids is 3. The Balaban J connectivity index is 1.45. The monoisotopic (exact) mass is 580 g/mol. The molecule has 2 unspecified atom stereocenters. The van der Waals surface area contributed by atoms with Gasteiger partial charge in [-0.2, -0.15) is 5.26 Å². The van der Waals surface area contributed by atoms with Crippen molar-refractivity contribution in [2.45, 2.75) is 44.9 Å². The second-order valence-electron chi connectivity index (χ2n) is 11.2. The summed E-state index contributed by atoms with van der Waals surface area (Å²) in [6.45, 7) is 5.38. The summed E-state index contributed by atoms with van der Waals surface area (Å²) < 4.78 is 0. The Morgan fingerprint density at radius 1 is 1.02 bits per heavy atom. The number of fused-ring (bicyclic) bond motifs is 1. The molecule has 5 rings (SSSR count). The average molecular weight is 581 g/mol. The molecule has 0 aliphatic heterocycles. The van der Waals surface area contributed by atoms with E-state index in [1.54, 1.807) is 55.5 Å². The van der Waals surface area contributed by atoms with Crippen molar-refractivity contribution in [2.24, 2.45) is 5.92 Å². The molecule has 1 fully saturated rings. The van der Waals surface area contributed by atoms with Gasteiger partial charge in [0.15, 0.2) is 0 Å². The molecule has 3 amide bonds. The van der Waals surface area contributed by atoms with Crippen LogP contribution in [0.5, 0.6) is 0 Å². The van der Waals surface area contributed by atoms with Crippen molar-refractivity contribution in [1.29, 1.82) is 5.26 Å². The fourth-order valence-corrected chi connectivity index (χ4v) is 6.30. The fraction of sp³-hybridized carbons (Fsp3) is 0.273. The van der Waals surface area contributed by atoms with Crippen molar-refractivity contribution >= 4 is 39.8 Å². The molecule has 0 saturated heterocycles. The van der Waals surface area contributed by atoms with Crippen molar-refractivity contribution in [3.8, 4) is 16.5 Å². The zero-order valence-electron chi connectivity index (χ0n) is 23.7. The summed E-state index contributed by atoms with van der Waals surface area (Å²) in [5.74, 6) is -1.87. The minimum absolute atomic E-state index is 0.0225. The van der Waals surface area contributed by atoms with Crippen LogP contribution in [0.3, 0.4) is 0 Å². The Labute approximate surface area is 248 Å². The van der Waals surface area contributed by atoms with E-state index in [1.165, 1.54) is 0 Å². The number of thiophene rings is 1. The summed E-state index contributed by atoms with van der Waals surface area (Å²) in [6, 6.07) is 25.1. The number of hydrogen-bond acceptors (Lipinski definition) is 6. The molecule has 9 heteroatoms. The smallest absolute Gasteiger partial charge is 0.310 e. The maximum absolute atomic E-state index is 13.8. The second-order valence-corrected chi connectivity index (χ2v) is 12.3. The minimum atomic E-state index is -0.934. The SMILES string of the molecule is CC1CC1(NC(=O)c1ccccc1CNC(=O)C(=O)NCC#N)c1cc(-c2ccc(C(C)(C)O)s2)cc2ccccc12. The Bertz CT molecular complexity index is 1730. The molecular formula is C33H32N4O4S. The van der Waals surface area contributed by atoms with Crippen LogP contribution in [-0.2, 0) is 27.3 Å². The van der Waals surface area contributed by atoms with E-state index < -0.39 is 23.0 Å². The lowest BCUT2D eigenvalue weighted by Gasteiger charge is -2.23. The zero-order valence-corrected chi connectivity index (χ0v) is 24.5. The van der Waals surface area contributed by atoms with Gasteiger partial charge in [0, 0.05) is 21.9 Å². The summed E-state index contributed by atoms with van der Waals surface area (Å²) in [4.78, 5) is 39.7. The number of hydrogen-bond donors (Lipinski definition) is 4. The lowest BCUT2D eigenvalue weighted by atomic mass is 9.92. The first-order valence-electron chi connectivity index (χ1n) is 13.7. The molecule has 1 aromatic heterocycles. The van der Waals surface area contributed by atoms with Crippen LogP contribution < -0.4 is 16.0 Å². The van der Waals surface area contributed by atoms with Gasteiger partial charge in [0.2, 0.25) is 0 Å². The molecule has 2 atom stereocenters. The van der Waals surface area contributed by atoms with E-state index in [9.17, 15) is 19.5 Å². The van der Waals surface area contributed by atoms with E-state index in [4.69, 9.17) is 5.26 Å². The molecule has 4 N–H and O–H groups in total. The summed E-state index contributed by atoms with van der Waals surface area (Å²) in [5.41, 5.74) is 1.51. The normalized spacial score (nSPS) is 17.7. The van der Waals surface area contributed by atoms with E-state index in [-0.39, 0.29) is 24.9 Å². The van der Waals surface area contributed by atoms with Crippen molar-refractivity contribution in [3.05, 3.63) is 94.4 Å². The number of nitriles is 1. The van der Waals surface area contributed by atoms with Gasteiger partial charge in [0.1, 0.15) is 6.54 Å². The van der Waals surface area contributed by atoms with E-state index in [0.717, 1.165) is 38.1 Å². The van der Waals surface area contributed by atoms with Crippen LogP contribution in [0, 0.1) is 17.2 Å². The largest absolute Gasteiger partial charge is 0.385 e. The van der Waals surface area contributed by atoms with Gasteiger partial charge in [-0.25, -0.2) is 0 Å². The quantitative estimate of drug-likeness (QED) is 0.177. The summed E-state index contributed by atoms with van der Waals surface area (Å²) in [7, 11) is 0. The number of amides is 3. The molecule has 42 heavy (non-hydrogen) atoms. The van der Waals surface area contributed by atoms with Crippen LogP contribution in [0.1, 0.15) is 53.6 Å². The summed E-state index contributed by atoms with van der Waals surface area (Å²) in [5, 5.41) is 29.3. The van der Waals surface area contributed by atoms with Gasteiger partial charge in [0.25, 0.3) is 5.91 Å². The lowest BCUT2D eigenvalue weighted by molar-refractivity contribution is -0.139. The van der Waals surface area contributed by atoms with Gasteiger partial charge in [-0.1, -0.05) is 49.4 Å². The lowest BCUT2D eigenvalue weighted by Crippen LogP contribution is -2.40. The standard InChI is InChI=1S/C33H32N4O4S/c1-20-18-33(20,37-29(38)25-11-7-5-9-22(25)19-36-31(40)30(39)35-15-14-34)26-17-23(16-21-8-4-6-10-24(21)26)27-12-13-28(42-27)32(2,3)41/h4-13,16-17,20,41H,15,18-19H2,1-3H3,(H,35,39)(H,36,40)(H,37,38). The average Bonchev–Trinajstić information content (AvgIpc) is 3.36. The highest BCUT2D eigenvalue weighted by Crippen LogP contribution is 2.54. The van der Waals surface area contributed by atoms with Crippen LogP contribution in [0.2, 0.25) is 0 Å². The van der Waals surface area contributed by atoms with Crippen molar-refractivity contribution < 1.29 is 19.5 Å². The Hall–Kier alpha value is -4.52. The van der Waals surface area contributed by atoms with Gasteiger partial charge in [-0.15, -0.1) is 11.3 Å². The van der Waals surface area contributed by atoms with Crippen LogP contribution >= 0.6 is 11.3 Å². The van der Waals surface area contributed by atoms with Gasteiger partial charge >= 0.3 is 11.8 Å². The van der Waals surface area contributed by atoms with Gasteiger partial charge in [-0.05, 0) is 84.0 Å². The van der Waals surface area contributed by atoms with Crippen LogP contribution in [0.15, 0.2) is 72.8 Å². The highest BCUT2D eigenvalue weighted by molar-refractivity contribution is 7.15. The topological polar surface area (TPSA) is 131 Å². The highest BCUT2D eigenvalue weighted by Gasteiger charge is 2.54. The first-order chi connectivity index (χ1) is 20.0. The second kappa shape index (κ2) is 11.4.